The van der Waals surface area contributed by atoms with Crippen molar-refractivity contribution in [3.63, 3.8) is 0 Å². The van der Waals surface area contributed by atoms with Gasteiger partial charge in [0.05, 0.1) is 0 Å². The zero-order chi connectivity index (χ0) is 18.0. The van der Waals surface area contributed by atoms with Crippen molar-refractivity contribution in [1.82, 2.24) is 5.32 Å². The summed E-state index contributed by atoms with van der Waals surface area (Å²) in [5.74, 6) is 0. The van der Waals surface area contributed by atoms with Crippen molar-refractivity contribution in [3.8, 4) is 0 Å². The van der Waals surface area contributed by atoms with E-state index in [0.717, 1.165) is 7.11 Å². The smallest absolute Gasteiger partial charge is 0.404 e. The second-order valence-corrected chi connectivity index (χ2v) is 4.63. The van der Waals surface area contributed by atoms with Crippen molar-refractivity contribution in [2.75, 3.05) is 7.11 Å². The minimum atomic E-state index is -0.963. The topological polar surface area (TPSA) is 69.6 Å². The van der Waals surface area contributed by atoms with Crippen molar-refractivity contribution >= 4 is 6.09 Å². The largest absolute Gasteiger partial charge is 0.465 e. The molecule has 0 aliphatic carbocycles. The molecule has 1 amide bonds. The first kappa shape index (κ1) is 25.4. The number of hydrogen-bond acceptors (Lipinski definition) is 2. The highest BCUT2D eigenvalue weighted by molar-refractivity contribution is 5.64. The average Bonchev–Trinajstić information content (AvgIpc) is 2.50. The van der Waals surface area contributed by atoms with Crippen LogP contribution in [-0.4, -0.2) is 29.5 Å². The van der Waals surface area contributed by atoms with Gasteiger partial charge in [0.2, 0.25) is 0 Å². The molecule has 0 radical (unpaired) electrons. The van der Waals surface area contributed by atoms with E-state index in [0.29, 0.717) is 0 Å². The Morgan fingerprint density at radius 3 is 2.00 bits per heavy atom. The molecule has 1 rings (SSSR count). The summed E-state index contributed by atoms with van der Waals surface area (Å²) in [6.07, 6.45) is 2.87. The van der Waals surface area contributed by atoms with Gasteiger partial charge in [-0.15, -0.1) is 0 Å². The SMILES string of the molecule is CC.CC(C)NC(=O)O.CCCCc1ccccc1C.CO. The molecular formula is C18H35NO3. The number of aliphatic hydroxyl groups is 1. The molecule has 0 fully saturated rings. The van der Waals surface area contributed by atoms with E-state index in [1.165, 1.54) is 30.4 Å². The first-order valence-corrected chi connectivity index (χ1v) is 7.96. The van der Waals surface area contributed by atoms with E-state index in [9.17, 15) is 4.79 Å². The Morgan fingerprint density at radius 1 is 1.18 bits per heavy atom. The Labute approximate surface area is 136 Å². The Kier molecular flexibility index (Phi) is 22.5. The third-order valence-corrected chi connectivity index (χ3v) is 2.47. The van der Waals surface area contributed by atoms with Crippen LogP contribution in [0.2, 0.25) is 0 Å². The molecule has 130 valence electrons. The summed E-state index contributed by atoms with van der Waals surface area (Å²) in [5.41, 5.74) is 2.94. The van der Waals surface area contributed by atoms with E-state index < -0.39 is 6.09 Å². The molecule has 22 heavy (non-hydrogen) atoms. The maximum Gasteiger partial charge on any atom is 0.404 e. The minimum Gasteiger partial charge on any atom is -0.465 e. The molecule has 0 saturated carbocycles. The van der Waals surface area contributed by atoms with E-state index in [1.54, 1.807) is 13.8 Å². The summed E-state index contributed by atoms with van der Waals surface area (Å²) in [5, 5.41) is 17.2. The summed E-state index contributed by atoms with van der Waals surface area (Å²) >= 11 is 0. The van der Waals surface area contributed by atoms with E-state index in [-0.39, 0.29) is 6.04 Å². The van der Waals surface area contributed by atoms with Crippen LogP contribution >= 0.6 is 0 Å². The van der Waals surface area contributed by atoms with Crippen molar-refractivity contribution in [3.05, 3.63) is 35.4 Å². The Hall–Kier alpha value is -1.55. The maximum absolute atomic E-state index is 9.70. The van der Waals surface area contributed by atoms with Gasteiger partial charge in [-0.2, -0.15) is 0 Å². The molecule has 0 unspecified atom stereocenters. The van der Waals surface area contributed by atoms with E-state index >= 15 is 0 Å². The number of aliphatic hydroxyl groups excluding tert-OH is 1. The average molecular weight is 313 g/mol. The summed E-state index contributed by atoms with van der Waals surface area (Å²) < 4.78 is 0. The van der Waals surface area contributed by atoms with Gasteiger partial charge in [-0.1, -0.05) is 51.5 Å². The molecule has 4 nitrogen and oxygen atoms in total. The third kappa shape index (κ3) is 18.4. The van der Waals surface area contributed by atoms with Crippen LogP contribution in [0.3, 0.4) is 0 Å². The van der Waals surface area contributed by atoms with Crippen LogP contribution in [0.25, 0.3) is 0 Å². The van der Waals surface area contributed by atoms with Crippen LogP contribution < -0.4 is 5.32 Å². The highest BCUT2D eigenvalue weighted by atomic mass is 16.4. The van der Waals surface area contributed by atoms with Crippen LogP contribution in [0.5, 0.6) is 0 Å². The number of rotatable bonds is 4. The molecule has 0 aliphatic heterocycles. The predicted molar refractivity (Wildman–Crippen MR) is 95.6 cm³/mol. The molecule has 0 bridgehead atoms. The molecule has 0 saturated heterocycles. The van der Waals surface area contributed by atoms with Crippen molar-refractivity contribution < 1.29 is 15.0 Å². The fraction of sp³-hybridized carbons (Fsp3) is 0.611. The molecule has 0 aromatic heterocycles. The minimum absolute atomic E-state index is 0.0255. The summed E-state index contributed by atoms with van der Waals surface area (Å²) in [4.78, 5) is 9.70. The standard InChI is InChI=1S/C11H16.C4H9NO2.C2H6.CH4O/c1-3-4-8-11-9-6-5-7-10(11)2;1-3(2)5-4(6)7;2*1-2/h5-7,9H,3-4,8H2,1-2H3;3,5H,1-2H3,(H,6,7);1-2H3;2H,1H3. The second-order valence-electron chi connectivity index (χ2n) is 4.63. The lowest BCUT2D eigenvalue weighted by Crippen LogP contribution is -2.27. The fourth-order valence-corrected chi connectivity index (χ4v) is 1.50. The molecule has 0 aliphatic rings. The normalized spacial score (nSPS) is 8.41. The van der Waals surface area contributed by atoms with Gasteiger partial charge in [-0.3, -0.25) is 0 Å². The number of hydrogen-bond donors (Lipinski definition) is 3. The summed E-state index contributed by atoms with van der Waals surface area (Å²) in [7, 11) is 1.00. The molecule has 0 heterocycles. The Morgan fingerprint density at radius 2 is 1.68 bits per heavy atom. The number of carboxylic acid groups (broad SMARTS) is 1. The number of benzene rings is 1. The molecular weight excluding hydrogens is 278 g/mol. The van der Waals surface area contributed by atoms with Crippen LogP contribution in [-0.2, 0) is 6.42 Å². The molecule has 1 aromatic carbocycles. The van der Waals surface area contributed by atoms with Crippen LogP contribution in [0.15, 0.2) is 24.3 Å². The summed E-state index contributed by atoms with van der Waals surface area (Å²) in [6.45, 7) is 12.0. The van der Waals surface area contributed by atoms with Crippen molar-refractivity contribution in [1.29, 1.82) is 0 Å². The zero-order valence-electron chi connectivity index (χ0n) is 15.3. The third-order valence-electron chi connectivity index (χ3n) is 2.47. The van der Waals surface area contributed by atoms with Gasteiger partial charge in [0.15, 0.2) is 0 Å². The lowest BCUT2D eigenvalue weighted by molar-refractivity contribution is 0.191. The first-order valence-electron chi connectivity index (χ1n) is 7.96. The maximum atomic E-state index is 9.70. The van der Waals surface area contributed by atoms with Gasteiger partial charge in [0.1, 0.15) is 0 Å². The van der Waals surface area contributed by atoms with Gasteiger partial charge in [-0.25, -0.2) is 4.79 Å². The van der Waals surface area contributed by atoms with Crippen LogP contribution in [0.1, 0.15) is 58.6 Å². The number of unbranched alkanes of at least 4 members (excludes halogenated alkanes) is 1. The van der Waals surface area contributed by atoms with Gasteiger partial charge in [-0.05, 0) is 44.7 Å². The highest BCUT2D eigenvalue weighted by Gasteiger charge is 1.94. The predicted octanol–water partition coefficient (Wildman–Crippen LogP) is 4.63. The lowest BCUT2D eigenvalue weighted by Gasteiger charge is -2.02. The monoisotopic (exact) mass is 313 g/mol. The van der Waals surface area contributed by atoms with Crippen LogP contribution in [0, 0.1) is 6.92 Å². The van der Waals surface area contributed by atoms with Gasteiger partial charge < -0.3 is 15.5 Å². The number of carbonyl (C=O) groups is 1. The molecule has 4 heteroatoms. The highest BCUT2D eigenvalue weighted by Crippen LogP contribution is 2.09. The fourth-order valence-electron chi connectivity index (χ4n) is 1.50. The van der Waals surface area contributed by atoms with E-state index in [1.807, 2.05) is 13.8 Å². The second kappa shape index (κ2) is 19.4. The lowest BCUT2D eigenvalue weighted by atomic mass is 10.0. The first-order chi connectivity index (χ1) is 10.5. The van der Waals surface area contributed by atoms with Crippen molar-refractivity contribution in [2.24, 2.45) is 0 Å². The quantitative estimate of drug-likeness (QED) is 0.758. The van der Waals surface area contributed by atoms with Crippen LogP contribution in [0.4, 0.5) is 4.79 Å². The van der Waals surface area contributed by atoms with Gasteiger partial charge in [0, 0.05) is 13.2 Å². The summed E-state index contributed by atoms with van der Waals surface area (Å²) in [6, 6.07) is 8.66. The van der Waals surface area contributed by atoms with Gasteiger partial charge >= 0.3 is 6.09 Å². The molecule has 3 N–H and O–H groups in total. The Bertz CT molecular complexity index is 352. The molecule has 1 aromatic rings. The molecule has 0 atom stereocenters. The van der Waals surface area contributed by atoms with Crippen molar-refractivity contribution in [2.45, 2.75) is 66.8 Å². The number of nitrogens with one attached hydrogen (secondary N) is 1. The number of aryl methyl sites for hydroxylation is 2. The van der Waals surface area contributed by atoms with Gasteiger partial charge in [0.25, 0.3) is 0 Å². The Balaban J connectivity index is -0.000000285. The number of amides is 1. The zero-order valence-corrected chi connectivity index (χ0v) is 15.3. The van der Waals surface area contributed by atoms with E-state index in [2.05, 4.69) is 43.4 Å². The molecule has 0 spiro atoms. The van der Waals surface area contributed by atoms with E-state index in [4.69, 9.17) is 10.2 Å².